The number of hydrogen-bond donors (Lipinski definition) is 1. The van der Waals surface area contributed by atoms with E-state index in [-0.39, 0.29) is 5.91 Å². The van der Waals surface area contributed by atoms with Gasteiger partial charge in [0.15, 0.2) is 10.9 Å². The molecule has 164 valence electrons. The second-order valence-electron chi connectivity index (χ2n) is 8.16. The van der Waals surface area contributed by atoms with Crippen LogP contribution >= 0.6 is 23.4 Å². The molecule has 1 aliphatic carbocycles. The van der Waals surface area contributed by atoms with Crippen LogP contribution in [0.3, 0.4) is 0 Å². The van der Waals surface area contributed by atoms with E-state index in [1.165, 1.54) is 11.8 Å². The Morgan fingerprint density at radius 3 is 2.55 bits per heavy atom. The highest BCUT2D eigenvalue weighted by Gasteiger charge is 2.40. The van der Waals surface area contributed by atoms with Gasteiger partial charge in [-0.25, -0.2) is 9.97 Å². The number of piperidine rings is 1. The third-order valence-corrected chi connectivity index (χ3v) is 6.93. The lowest BCUT2D eigenvalue weighted by atomic mass is 10.0. The molecule has 1 saturated carbocycles. The number of carbonyl (C=O) groups is 1. The topological polar surface area (TPSA) is 76.6 Å². The van der Waals surface area contributed by atoms with Crippen LogP contribution in [0, 0.1) is 0 Å². The minimum atomic E-state index is -0.410. The van der Waals surface area contributed by atoms with Crippen molar-refractivity contribution in [1.29, 1.82) is 0 Å². The van der Waals surface area contributed by atoms with E-state index in [2.05, 4.69) is 15.2 Å². The number of nitrogens with zero attached hydrogens (tertiary/aromatic N) is 3. The van der Waals surface area contributed by atoms with Crippen molar-refractivity contribution in [3.8, 4) is 0 Å². The van der Waals surface area contributed by atoms with Gasteiger partial charge in [0, 0.05) is 49.4 Å². The molecular weight excluding hydrogens is 436 g/mol. The van der Waals surface area contributed by atoms with Crippen LogP contribution in [0.5, 0.6) is 0 Å². The Balaban J connectivity index is 1.19. The van der Waals surface area contributed by atoms with Gasteiger partial charge in [0.1, 0.15) is 11.0 Å². The number of ether oxygens (including phenoxy) is 2. The van der Waals surface area contributed by atoms with Gasteiger partial charge >= 0.3 is 0 Å². The molecule has 1 spiro atoms. The number of rotatable bonds is 6. The molecule has 2 aliphatic heterocycles. The SMILES string of the molecule is O=C(NC1CC1)c1ccc(CSc2nc(Cl)cc(N3CCC4(CC3)OCCO4)n2)cc1. The van der Waals surface area contributed by atoms with Crippen LogP contribution in [0.1, 0.15) is 41.6 Å². The first kappa shape index (κ1) is 21.0. The number of hydrogen-bond acceptors (Lipinski definition) is 7. The maximum absolute atomic E-state index is 12.1. The van der Waals surface area contributed by atoms with Crippen molar-refractivity contribution in [2.75, 3.05) is 31.2 Å². The second-order valence-corrected chi connectivity index (χ2v) is 9.49. The number of nitrogens with one attached hydrogen (secondary N) is 1. The maximum Gasteiger partial charge on any atom is 0.251 e. The average molecular weight is 461 g/mol. The van der Waals surface area contributed by atoms with E-state index in [4.69, 9.17) is 26.1 Å². The summed E-state index contributed by atoms with van der Waals surface area (Å²) >= 11 is 7.83. The molecule has 2 saturated heterocycles. The summed E-state index contributed by atoms with van der Waals surface area (Å²) < 4.78 is 11.6. The first-order chi connectivity index (χ1) is 15.1. The average Bonchev–Trinajstić information content (AvgIpc) is 3.49. The molecule has 0 bridgehead atoms. The van der Waals surface area contributed by atoms with E-state index >= 15 is 0 Å². The van der Waals surface area contributed by atoms with Crippen LogP contribution < -0.4 is 10.2 Å². The van der Waals surface area contributed by atoms with Crippen LogP contribution in [-0.4, -0.2) is 54.0 Å². The first-order valence-corrected chi connectivity index (χ1v) is 12.1. The summed E-state index contributed by atoms with van der Waals surface area (Å²) in [6.07, 6.45) is 3.80. The molecule has 0 atom stereocenters. The second kappa shape index (κ2) is 8.94. The zero-order valence-corrected chi connectivity index (χ0v) is 18.8. The third kappa shape index (κ3) is 5.14. The fourth-order valence-electron chi connectivity index (χ4n) is 3.87. The van der Waals surface area contributed by atoms with E-state index in [0.717, 1.165) is 50.2 Å². The molecule has 3 aliphatic rings. The van der Waals surface area contributed by atoms with E-state index in [0.29, 0.717) is 40.9 Å². The highest BCUT2D eigenvalue weighted by molar-refractivity contribution is 7.98. The fraction of sp³-hybridized carbons (Fsp3) is 0.500. The summed E-state index contributed by atoms with van der Waals surface area (Å²) in [6, 6.07) is 9.87. The summed E-state index contributed by atoms with van der Waals surface area (Å²) in [7, 11) is 0. The zero-order chi connectivity index (χ0) is 21.3. The van der Waals surface area contributed by atoms with Crippen molar-refractivity contribution < 1.29 is 14.3 Å². The molecule has 9 heteroatoms. The largest absolute Gasteiger partial charge is 0.356 e. The summed E-state index contributed by atoms with van der Waals surface area (Å²) in [4.78, 5) is 23.4. The summed E-state index contributed by atoms with van der Waals surface area (Å²) in [5.74, 6) is 1.13. The Bertz CT molecular complexity index is 938. The third-order valence-electron chi connectivity index (χ3n) is 5.82. The highest BCUT2D eigenvalue weighted by atomic mass is 35.5. The monoisotopic (exact) mass is 460 g/mol. The molecule has 1 amide bonds. The lowest BCUT2D eigenvalue weighted by molar-refractivity contribution is -0.169. The Hall–Kier alpha value is -1.87. The van der Waals surface area contributed by atoms with Gasteiger partial charge < -0.3 is 19.7 Å². The van der Waals surface area contributed by atoms with E-state index in [9.17, 15) is 4.79 Å². The number of anilines is 1. The van der Waals surface area contributed by atoms with Gasteiger partial charge in [-0.05, 0) is 30.5 Å². The number of halogens is 1. The van der Waals surface area contributed by atoms with Crippen molar-refractivity contribution in [1.82, 2.24) is 15.3 Å². The Labute approximate surface area is 190 Å². The van der Waals surface area contributed by atoms with Crippen LogP contribution in [0.15, 0.2) is 35.5 Å². The molecule has 3 fully saturated rings. The van der Waals surface area contributed by atoms with E-state index in [1.807, 2.05) is 30.3 Å². The van der Waals surface area contributed by atoms with Gasteiger partial charge in [0.25, 0.3) is 5.91 Å². The maximum atomic E-state index is 12.1. The standard InChI is InChI=1S/C22H25ClN4O3S/c23-18-13-19(27-9-7-22(8-10-27)29-11-12-30-22)26-21(25-18)31-14-15-1-3-16(4-2-15)20(28)24-17-5-6-17/h1-4,13,17H,5-12,14H2,(H,24,28). The van der Waals surface area contributed by atoms with Gasteiger partial charge in [-0.15, -0.1) is 0 Å². The lowest BCUT2D eigenvalue weighted by Gasteiger charge is -2.38. The molecule has 7 nitrogen and oxygen atoms in total. The molecular formula is C22H25ClN4O3S. The van der Waals surface area contributed by atoms with Gasteiger partial charge in [0.05, 0.1) is 13.2 Å². The summed E-state index contributed by atoms with van der Waals surface area (Å²) in [5.41, 5.74) is 1.80. The Kier molecular flexibility index (Phi) is 6.05. The zero-order valence-electron chi connectivity index (χ0n) is 17.2. The number of amides is 1. The van der Waals surface area contributed by atoms with E-state index < -0.39 is 5.79 Å². The van der Waals surface area contributed by atoms with Gasteiger partial charge in [0.2, 0.25) is 0 Å². The molecule has 0 radical (unpaired) electrons. The van der Waals surface area contributed by atoms with E-state index in [1.54, 1.807) is 0 Å². The number of benzene rings is 1. The highest BCUT2D eigenvalue weighted by Crippen LogP contribution is 2.34. The number of aromatic nitrogens is 2. The Morgan fingerprint density at radius 1 is 1.16 bits per heavy atom. The molecule has 2 aromatic rings. The summed E-state index contributed by atoms with van der Waals surface area (Å²) in [5, 5.41) is 4.09. The van der Waals surface area contributed by atoms with Gasteiger partial charge in [-0.3, -0.25) is 4.79 Å². The normalized spacial score (nSPS) is 20.2. The molecule has 1 aromatic heterocycles. The Morgan fingerprint density at radius 2 is 1.87 bits per heavy atom. The van der Waals surface area contributed by atoms with Crippen molar-refractivity contribution in [3.63, 3.8) is 0 Å². The first-order valence-electron chi connectivity index (χ1n) is 10.7. The van der Waals surface area contributed by atoms with Crippen molar-refractivity contribution in [3.05, 3.63) is 46.6 Å². The fourth-order valence-corrected chi connectivity index (χ4v) is 4.91. The number of thioether (sulfide) groups is 1. The molecule has 5 rings (SSSR count). The van der Waals surface area contributed by atoms with Crippen molar-refractivity contribution in [2.24, 2.45) is 0 Å². The molecule has 0 unspecified atom stereocenters. The minimum absolute atomic E-state index is 0.00114. The quantitative estimate of drug-likeness (QED) is 0.400. The van der Waals surface area contributed by atoms with Gasteiger partial charge in [-0.1, -0.05) is 35.5 Å². The molecule has 31 heavy (non-hydrogen) atoms. The predicted molar refractivity (Wildman–Crippen MR) is 120 cm³/mol. The number of carbonyl (C=O) groups excluding carboxylic acids is 1. The van der Waals surface area contributed by atoms with Crippen LogP contribution in [0.2, 0.25) is 5.15 Å². The predicted octanol–water partition coefficient (Wildman–Crippen LogP) is 3.66. The summed E-state index contributed by atoms with van der Waals surface area (Å²) in [6.45, 7) is 2.96. The molecule has 1 aromatic carbocycles. The van der Waals surface area contributed by atoms with Crippen molar-refractivity contribution in [2.45, 2.75) is 48.4 Å². The molecule has 3 heterocycles. The minimum Gasteiger partial charge on any atom is -0.356 e. The molecule has 1 N–H and O–H groups in total. The van der Waals surface area contributed by atoms with Crippen LogP contribution in [-0.2, 0) is 15.2 Å². The van der Waals surface area contributed by atoms with Crippen molar-refractivity contribution >= 4 is 35.1 Å². The van der Waals surface area contributed by atoms with Crippen LogP contribution in [0.4, 0.5) is 5.82 Å². The van der Waals surface area contributed by atoms with Gasteiger partial charge in [-0.2, -0.15) is 0 Å². The lowest BCUT2D eigenvalue weighted by Crippen LogP contribution is -2.45. The smallest absolute Gasteiger partial charge is 0.251 e. The van der Waals surface area contributed by atoms with Crippen LogP contribution in [0.25, 0.3) is 0 Å².